The Bertz CT molecular complexity index is 268. The maximum atomic E-state index is 10.4. The summed E-state index contributed by atoms with van der Waals surface area (Å²) in [5.74, 6) is 0.498. The van der Waals surface area contributed by atoms with Crippen LogP contribution in [0.2, 0.25) is 0 Å². The molecule has 6 heteroatoms. The molecule has 0 aliphatic carbocycles. The van der Waals surface area contributed by atoms with Crippen LogP contribution in [0.1, 0.15) is 64.2 Å². The smallest absolute Gasteiger partial charge is 0.319 e. The van der Waals surface area contributed by atoms with Gasteiger partial charge in [0.2, 0.25) is 0 Å². The Morgan fingerprint density at radius 3 is 1.56 bits per heavy atom. The minimum Gasteiger partial charge on any atom is -0.330 e. The molecule has 0 spiro atoms. The number of rotatable bonds is 13. The van der Waals surface area contributed by atoms with E-state index in [1.165, 1.54) is 38.5 Å². The fourth-order valence-electron chi connectivity index (χ4n) is 1.82. The van der Waals surface area contributed by atoms with E-state index in [4.69, 9.17) is 10.3 Å². The average Bonchev–Trinajstić information content (AvgIpc) is 2.29. The summed E-state index contributed by atoms with van der Waals surface area (Å²) < 4.78 is 29.4. The lowest BCUT2D eigenvalue weighted by atomic mass is 10.1. The summed E-state index contributed by atoms with van der Waals surface area (Å²) in [4.78, 5) is 0. The van der Waals surface area contributed by atoms with Crippen molar-refractivity contribution in [2.45, 2.75) is 64.2 Å². The van der Waals surface area contributed by atoms with Gasteiger partial charge < -0.3 is 5.73 Å². The van der Waals surface area contributed by atoms with Gasteiger partial charge in [-0.1, -0.05) is 51.4 Å². The van der Waals surface area contributed by atoms with Gasteiger partial charge in [0, 0.05) is 5.75 Å². The zero-order chi connectivity index (χ0) is 13.7. The molecule has 0 saturated heterocycles. The molecule has 0 fully saturated rings. The summed E-state index contributed by atoms with van der Waals surface area (Å²) in [6.07, 6.45) is 11.9. The second-order valence-electron chi connectivity index (χ2n) is 4.57. The van der Waals surface area contributed by atoms with E-state index in [1.807, 2.05) is 0 Å². The first-order chi connectivity index (χ1) is 8.56. The molecule has 0 saturated carbocycles. The van der Waals surface area contributed by atoms with Crippen molar-refractivity contribution in [1.29, 1.82) is 0 Å². The molecule has 0 aromatic carbocycles. The van der Waals surface area contributed by atoms with Gasteiger partial charge in [0.1, 0.15) is 0 Å². The van der Waals surface area contributed by atoms with Gasteiger partial charge in [-0.25, -0.2) is 0 Å². The monoisotopic (exact) mass is 297 g/mol. The first kappa shape index (κ1) is 18.2. The van der Waals surface area contributed by atoms with E-state index in [0.717, 1.165) is 32.2 Å². The van der Waals surface area contributed by atoms with Gasteiger partial charge in [0.25, 0.3) is 0 Å². The van der Waals surface area contributed by atoms with Crippen molar-refractivity contribution in [3.8, 4) is 0 Å². The summed E-state index contributed by atoms with van der Waals surface area (Å²) in [5.41, 5.74) is 5.42. The van der Waals surface area contributed by atoms with Crippen LogP contribution in [0.25, 0.3) is 0 Å². The Morgan fingerprint density at radius 2 is 1.17 bits per heavy atom. The van der Waals surface area contributed by atoms with Crippen molar-refractivity contribution in [1.82, 2.24) is 0 Å². The van der Waals surface area contributed by atoms with E-state index >= 15 is 0 Å². The summed E-state index contributed by atoms with van der Waals surface area (Å²) in [7, 11) is -3.20. The minimum absolute atomic E-state index is 0.498. The van der Waals surface area contributed by atoms with Gasteiger partial charge in [0.05, 0.1) is 0 Å². The molecule has 0 radical (unpaired) electrons. The number of nitrogens with two attached hydrogens (primary N) is 1. The zero-order valence-electron chi connectivity index (χ0n) is 11.1. The molecule has 0 atom stereocenters. The summed E-state index contributed by atoms with van der Waals surface area (Å²) in [5, 5.41) is 0. The molecule has 3 N–H and O–H groups in total. The summed E-state index contributed by atoms with van der Waals surface area (Å²) in [6, 6.07) is 0. The third-order valence-corrected chi connectivity index (χ3v) is 4.98. The lowest BCUT2D eigenvalue weighted by Crippen LogP contribution is -1.97. The van der Waals surface area contributed by atoms with Crippen LogP contribution in [0.4, 0.5) is 0 Å². The van der Waals surface area contributed by atoms with Crippen molar-refractivity contribution >= 4 is 19.9 Å². The second-order valence-corrected chi connectivity index (χ2v) is 8.04. The third kappa shape index (κ3) is 16.2. The van der Waals surface area contributed by atoms with E-state index in [-0.39, 0.29) is 0 Å². The van der Waals surface area contributed by atoms with Gasteiger partial charge >= 0.3 is 9.15 Å². The van der Waals surface area contributed by atoms with Crippen molar-refractivity contribution in [2.75, 3.05) is 12.3 Å². The molecule has 0 unspecified atom stereocenters. The lowest BCUT2D eigenvalue weighted by Gasteiger charge is -2.02. The Morgan fingerprint density at radius 1 is 0.778 bits per heavy atom. The molecule has 0 aromatic rings. The van der Waals surface area contributed by atoms with Crippen molar-refractivity contribution in [2.24, 2.45) is 5.73 Å². The van der Waals surface area contributed by atoms with Crippen LogP contribution in [0.15, 0.2) is 0 Å². The van der Waals surface area contributed by atoms with Crippen LogP contribution in [-0.4, -0.2) is 25.3 Å². The first-order valence-electron chi connectivity index (χ1n) is 6.88. The fraction of sp³-hybridized carbons (Fsp3) is 1.00. The van der Waals surface area contributed by atoms with E-state index in [2.05, 4.69) is 0 Å². The first-order valence-corrected chi connectivity index (χ1v) is 9.82. The minimum atomic E-state index is -3.83. The number of hydrogen-bond acceptors (Lipinski definition) is 4. The van der Waals surface area contributed by atoms with E-state index in [1.54, 1.807) is 0 Å². The highest BCUT2D eigenvalue weighted by Crippen LogP contribution is 2.14. The Balaban J connectivity index is 3.03. The largest absolute Gasteiger partial charge is 0.330 e. The van der Waals surface area contributed by atoms with Crippen molar-refractivity contribution in [3.05, 3.63) is 0 Å². The van der Waals surface area contributed by atoms with E-state index in [9.17, 15) is 8.42 Å². The SMILES string of the molecule is NCCCCCCCCCCCCSS(=O)(=O)O. The third-order valence-electron chi connectivity index (χ3n) is 2.83. The molecule has 0 rings (SSSR count). The predicted octanol–water partition coefficient (Wildman–Crippen LogP) is 3.38. The molecule has 0 heterocycles. The van der Waals surface area contributed by atoms with E-state index < -0.39 is 9.15 Å². The van der Waals surface area contributed by atoms with Crippen molar-refractivity contribution < 1.29 is 13.0 Å². The van der Waals surface area contributed by atoms with Crippen LogP contribution in [0.5, 0.6) is 0 Å². The highest BCUT2D eigenvalue weighted by atomic mass is 33.1. The zero-order valence-corrected chi connectivity index (χ0v) is 12.8. The van der Waals surface area contributed by atoms with E-state index in [0.29, 0.717) is 16.5 Å². The maximum Gasteiger partial charge on any atom is 0.319 e. The highest BCUT2D eigenvalue weighted by Gasteiger charge is 2.03. The maximum absolute atomic E-state index is 10.4. The molecule has 0 aliphatic heterocycles. The van der Waals surface area contributed by atoms with Gasteiger partial charge in [-0.3, -0.25) is 4.55 Å². The summed E-state index contributed by atoms with van der Waals surface area (Å²) >= 11 is 0. The van der Waals surface area contributed by atoms with Gasteiger partial charge in [-0.05, 0) is 30.2 Å². The normalized spacial score (nSPS) is 11.9. The van der Waals surface area contributed by atoms with Crippen LogP contribution >= 0.6 is 10.8 Å². The van der Waals surface area contributed by atoms with Crippen LogP contribution in [0, 0.1) is 0 Å². The standard InChI is InChI=1S/C12H27NO3S2/c13-11-9-7-5-3-1-2-4-6-8-10-12-17-18(14,15)16/h1-13H2,(H,14,15,16). The second kappa shape index (κ2) is 12.3. The summed E-state index contributed by atoms with van der Waals surface area (Å²) in [6.45, 7) is 0.807. The molecular weight excluding hydrogens is 270 g/mol. The van der Waals surface area contributed by atoms with Crippen LogP contribution in [0.3, 0.4) is 0 Å². The van der Waals surface area contributed by atoms with Gasteiger partial charge in [0.15, 0.2) is 0 Å². The average molecular weight is 297 g/mol. The molecule has 0 amide bonds. The molecule has 4 nitrogen and oxygen atoms in total. The molecular formula is C12H27NO3S2. The molecule has 110 valence electrons. The molecule has 18 heavy (non-hydrogen) atoms. The van der Waals surface area contributed by atoms with Crippen molar-refractivity contribution in [3.63, 3.8) is 0 Å². The van der Waals surface area contributed by atoms with Crippen LogP contribution in [-0.2, 0) is 9.15 Å². The molecule has 0 aliphatic rings. The predicted molar refractivity (Wildman–Crippen MR) is 79.2 cm³/mol. The molecule has 0 aromatic heterocycles. The number of unbranched alkanes of at least 4 members (excludes halogenated alkanes) is 9. The molecule has 0 bridgehead atoms. The lowest BCUT2D eigenvalue weighted by molar-refractivity contribution is 0.503. The quantitative estimate of drug-likeness (QED) is 0.309. The Labute approximate surface area is 115 Å². The van der Waals surface area contributed by atoms with Gasteiger partial charge in [-0.15, -0.1) is 0 Å². The Kier molecular flexibility index (Phi) is 12.4. The Hall–Kier alpha value is 0.220. The topological polar surface area (TPSA) is 80.4 Å². The fourth-order valence-corrected chi connectivity index (χ4v) is 3.34. The van der Waals surface area contributed by atoms with Gasteiger partial charge in [-0.2, -0.15) is 8.42 Å². The highest BCUT2D eigenvalue weighted by molar-refractivity contribution is 8.69. The number of hydrogen-bond donors (Lipinski definition) is 2. The van der Waals surface area contributed by atoms with Crippen LogP contribution < -0.4 is 5.73 Å².